The molecule has 0 heterocycles. The van der Waals surface area contributed by atoms with Gasteiger partial charge in [-0.3, -0.25) is 0 Å². The van der Waals surface area contributed by atoms with E-state index in [4.69, 9.17) is 11.6 Å². The highest BCUT2D eigenvalue weighted by atomic mass is 35.5. The van der Waals surface area contributed by atoms with Crippen molar-refractivity contribution in [2.24, 2.45) is 0 Å². The molecule has 5 heteroatoms. The molecule has 0 amide bonds. The molecule has 1 rings (SSSR count). The summed E-state index contributed by atoms with van der Waals surface area (Å²) in [7, 11) is -3.17. The van der Waals surface area contributed by atoms with E-state index in [2.05, 4.69) is 5.32 Å². The first kappa shape index (κ1) is 12.3. The minimum Gasteiger partial charge on any atom is -0.384 e. The second kappa shape index (κ2) is 5.37. The van der Waals surface area contributed by atoms with E-state index in [0.717, 1.165) is 6.42 Å². The molecule has 1 N–H and O–H groups in total. The Balaban J connectivity index is 2.88. The zero-order valence-corrected chi connectivity index (χ0v) is 10.1. The van der Waals surface area contributed by atoms with Crippen molar-refractivity contribution in [2.75, 3.05) is 24.0 Å². The number of benzene rings is 1. The number of rotatable bonds is 5. The molecule has 0 saturated heterocycles. The Hall–Kier alpha value is -0.740. The zero-order valence-electron chi connectivity index (χ0n) is 8.53. The maximum absolute atomic E-state index is 11.4. The van der Waals surface area contributed by atoms with Gasteiger partial charge in [-0.2, -0.15) is 0 Å². The van der Waals surface area contributed by atoms with Gasteiger partial charge in [0.15, 0.2) is 9.84 Å². The molecule has 15 heavy (non-hydrogen) atoms. The van der Waals surface area contributed by atoms with E-state index in [0.29, 0.717) is 23.0 Å². The average Bonchev–Trinajstić information content (AvgIpc) is 2.17. The van der Waals surface area contributed by atoms with Crippen LogP contribution in [0.1, 0.15) is 6.42 Å². The summed E-state index contributed by atoms with van der Waals surface area (Å²) in [6.45, 7) is 0.677. The minimum absolute atomic E-state index is 0.333. The van der Waals surface area contributed by atoms with E-state index in [9.17, 15) is 8.42 Å². The lowest BCUT2D eigenvalue weighted by atomic mass is 10.3. The van der Waals surface area contributed by atoms with Crippen LogP contribution in [0.4, 0.5) is 5.69 Å². The quantitative estimate of drug-likeness (QED) is 0.641. The fraction of sp³-hybridized carbons (Fsp3) is 0.400. The molecule has 0 aliphatic rings. The molecular weight excluding hydrogens is 234 g/mol. The molecule has 0 radical (unpaired) electrons. The largest absolute Gasteiger partial charge is 0.384 e. The van der Waals surface area contributed by atoms with Crippen molar-refractivity contribution in [3.8, 4) is 0 Å². The molecule has 1 aromatic rings. The molecule has 84 valence electrons. The SMILES string of the molecule is CS(=O)(=O)c1ccccc1NCCCCl. The lowest BCUT2D eigenvalue weighted by Crippen LogP contribution is -2.07. The van der Waals surface area contributed by atoms with Gasteiger partial charge in [-0.25, -0.2) is 8.42 Å². The van der Waals surface area contributed by atoms with Crippen LogP contribution in [0.3, 0.4) is 0 Å². The second-order valence-electron chi connectivity index (χ2n) is 3.24. The smallest absolute Gasteiger partial charge is 0.177 e. The van der Waals surface area contributed by atoms with Crippen molar-refractivity contribution in [3.05, 3.63) is 24.3 Å². The van der Waals surface area contributed by atoms with Crippen LogP contribution in [0.2, 0.25) is 0 Å². The summed E-state index contributed by atoms with van der Waals surface area (Å²) in [6, 6.07) is 6.86. The van der Waals surface area contributed by atoms with Gasteiger partial charge in [0, 0.05) is 18.7 Å². The van der Waals surface area contributed by atoms with Gasteiger partial charge in [-0.05, 0) is 18.6 Å². The van der Waals surface area contributed by atoms with Crippen LogP contribution >= 0.6 is 11.6 Å². The molecule has 0 spiro atoms. The highest BCUT2D eigenvalue weighted by Crippen LogP contribution is 2.20. The van der Waals surface area contributed by atoms with E-state index < -0.39 is 9.84 Å². The van der Waals surface area contributed by atoms with Gasteiger partial charge in [-0.1, -0.05) is 12.1 Å². The molecule has 0 unspecified atom stereocenters. The molecule has 1 aromatic carbocycles. The monoisotopic (exact) mass is 247 g/mol. The summed E-state index contributed by atoms with van der Waals surface area (Å²) in [5.74, 6) is 0.564. The van der Waals surface area contributed by atoms with Crippen LogP contribution < -0.4 is 5.32 Å². The lowest BCUT2D eigenvalue weighted by Gasteiger charge is -2.09. The summed E-state index contributed by atoms with van der Waals surface area (Å²) >= 11 is 5.54. The normalized spacial score (nSPS) is 11.3. The highest BCUT2D eigenvalue weighted by molar-refractivity contribution is 7.90. The van der Waals surface area contributed by atoms with Crippen LogP contribution in [0, 0.1) is 0 Å². The van der Waals surface area contributed by atoms with E-state index in [-0.39, 0.29) is 0 Å². The molecule has 0 atom stereocenters. The first-order chi connectivity index (χ1) is 7.05. The van der Waals surface area contributed by atoms with E-state index >= 15 is 0 Å². The van der Waals surface area contributed by atoms with E-state index in [1.807, 2.05) is 0 Å². The maximum atomic E-state index is 11.4. The lowest BCUT2D eigenvalue weighted by molar-refractivity contribution is 0.602. The summed E-state index contributed by atoms with van der Waals surface area (Å²) in [6.07, 6.45) is 2.01. The summed E-state index contributed by atoms with van der Waals surface area (Å²) in [4.78, 5) is 0.333. The van der Waals surface area contributed by atoms with Gasteiger partial charge < -0.3 is 5.32 Å². The minimum atomic E-state index is -3.17. The van der Waals surface area contributed by atoms with Gasteiger partial charge in [0.25, 0.3) is 0 Å². The molecule has 3 nitrogen and oxygen atoms in total. The van der Waals surface area contributed by atoms with E-state index in [1.54, 1.807) is 24.3 Å². The van der Waals surface area contributed by atoms with Crippen LogP contribution in [0.25, 0.3) is 0 Å². The number of hydrogen-bond donors (Lipinski definition) is 1. The number of alkyl halides is 1. The van der Waals surface area contributed by atoms with Gasteiger partial charge in [0.05, 0.1) is 10.6 Å². The van der Waals surface area contributed by atoms with Crippen LogP contribution in [0.15, 0.2) is 29.2 Å². The zero-order chi connectivity index (χ0) is 11.3. The third-order valence-corrected chi connectivity index (χ3v) is 3.33. The fourth-order valence-corrected chi connectivity index (χ4v) is 2.22. The topological polar surface area (TPSA) is 46.2 Å². The van der Waals surface area contributed by atoms with Crippen LogP contribution in [-0.4, -0.2) is 27.1 Å². The van der Waals surface area contributed by atoms with Crippen molar-refractivity contribution in [3.63, 3.8) is 0 Å². The van der Waals surface area contributed by atoms with Crippen LogP contribution in [0.5, 0.6) is 0 Å². The third-order valence-electron chi connectivity index (χ3n) is 1.91. The number of para-hydroxylation sites is 1. The Morgan fingerprint density at radius 2 is 2.00 bits per heavy atom. The van der Waals surface area contributed by atoms with Crippen molar-refractivity contribution in [1.29, 1.82) is 0 Å². The summed E-state index contributed by atoms with van der Waals surface area (Å²) < 4.78 is 22.8. The summed E-state index contributed by atoms with van der Waals surface area (Å²) in [5, 5.41) is 3.06. The van der Waals surface area contributed by atoms with E-state index in [1.165, 1.54) is 6.26 Å². The molecule has 0 bridgehead atoms. The third kappa shape index (κ3) is 3.72. The second-order valence-corrected chi connectivity index (χ2v) is 5.60. The molecular formula is C10H14ClNO2S. The Kier molecular flexibility index (Phi) is 4.42. The number of halogens is 1. The predicted molar refractivity (Wildman–Crippen MR) is 63.4 cm³/mol. The Morgan fingerprint density at radius 3 is 2.60 bits per heavy atom. The molecule has 0 aliphatic carbocycles. The van der Waals surface area contributed by atoms with Crippen molar-refractivity contribution >= 4 is 27.1 Å². The van der Waals surface area contributed by atoms with Gasteiger partial charge in [-0.15, -0.1) is 11.6 Å². The number of hydrogen-bond acceptors (Lipinski definition) is 3. The fourth-order valence-electron chi connectivity index (χ4n) is 1.23. The van der Waals surface area contributed by atoms with Gasteiger partial charge in [0.2, 0.25) is 0 Å². The first-order valence-corrected chi connectivity index (χ1v) is 7.07. The Morgan fingerprint density at radius 1 is 1.33 bits per heavy atom. The highest BCUT2D eigenvalue weighted by Gasteiger charge is 2.11. The van der Waals surface area contributed by atoms with Crippen molar-refractivity contribution < 1.29 is 8.42 Å². The molecule has 0 aromatic heterocycles. The number of anilines is 1. The number of nitrogens with one attached hydrogen (secondary N) is 1. The van der Waals surface area contributed by atoms with Crippen LogP contribution in [-0.2, 0) is 9.84 Å². The standard InChI is InChI=1S/C10H14ClNO2S/c1-15(13,14)10-6-3-2-5-9(10)12-8-4-7-11/h2-3,5-6,12H,4,7-8H2,1H3. The number of sulfone groups is 1. The first-order valence-electron chi connectivity index (χ1n) is 4.64. The average molecular weight is 248 g/mol. The van der Waals surface area contributed by atoms with Gasteiger partial charge in [0.1, 0.15) is 0 Å². The van der Waals surface area contributed by atoms with Crippen molar-refractivity contribution in [2.45, 2.75) is 11.3 Å². The molecule has 0 aliphatic heterocycles. The predicted octanol–water partition coefficient (Wildman–Crippen LogP) is 2.13. The maximum Gasteiger partial charge on any atom is 0.177 e. The van der Waals surface area contributed by atoms with Crippen molar-refractivity contribution in [1.82, 2.24) is 0 Å². The Labute approximate surface area is 95.4 Å². The van der Waals surface area contributed by atoms with Gasteiger partial charge >= 0.3 is 0 Å². The molecule has 0 saturated carbocycles. The Bertz CT molecular complexity index is 417. The summed E-state index contributed by atoms with van der Waals surface area (Å²) in [5.41, 5.74) is 0.644. The molecule has 0 fully saturated rings.